The Morgan fingerprint density at radius 2 is 2.09 bits per heavy atom. The fourth-order valence-electron chi connectivity index (χ4n) is 2.33. The van der Waals surface area contributed by atoms with Crippen molar-refractivity contribution in [3.8, 4) is 0 Å². The molecule has 0 fully saturated rings. The molecular weight excluding hydrogens is 292 g/mol. The van der Waals surface area contributed by atoms with Crippen LogP contribution >= 0.6 is 0 Å². The van der Waals surface area contributed by atoms with Gasteiger partial charge < -0.3 is 5.32 Å². The Bertz CT molecular complexity index is 772. The van der Waals surface area contributed by atoms with Crippen molar-refractivity contribution in [1.82, 2.24) is 25.6 Å². The number of aromatic amines is 1. The second kappa shape index (κ2) is 6.78. The number of rotatable bonds is 5. The fourth-order valence-corrected chi connectivity index (χ4v) is 2.33. The van der Waals surface area contributed by atoms with Crippen molar-refractivity contribution in [1.29, 1.82) is 0 Å². The van der Waals surface area contributed by atoms with Gasteiger partial charge in [0.05, 0.1) is 0 Å². The summed E-state index contributed by atoms with van der Waals surface area (Å²) in [7, 11) is 0. The quantitative estimate of drug-likeness (QED) is 0.750. The number of hydrogen-bond acceptors (Lipinski definition) is 5. The summed E-state index contributed by atoms with van der Waals surface area (Å²) in [5.74, 6) is -0.336. The van der Waals surface area contributed by atoms with Crippen molar-refractivity contribution in [3.63, 3.8) is 0 Å². The van der Waals surface area contributed by atoms with E-state index < -0.39 is 5.92 Å². The molecule has 2 aromatic heterocycles. The van der Waals surface area contributed by atoms with Gasteiger partial charge in [0, 0.05) is 18.1 Å². The van der Waals surface area contributed by atoms with Crippen LogP contribution in [0.5, 0.6) is 0 Å². The van der Waals surface area contributed by atoms with Crippen LogP contribution in [0, 0.1) is 6.92 Å². The molecule has 116 valence electrons. The Labute approximate surface area is 133 Å². The predicted molar refractivity (Wildman–Crippen MR) is 84.7 cm³/mol. The molecule has 0 unspecified atom stereocenters. The number of carbonyl (C=O) groups is 1. The van der Waals surface area contributed by atoms with E-state index in [9.17, 15) is 4.79 Å². The van der Waals surface area contributed by atoms with E-state index in [4.69, 9.17) is 0 Å². The van der Waals surface area contributed by atoms with Crippen molar-refractivity contribution >= 4 is 11.6 Å². The lowest BCUT2D eigenvalue weighted by Crippen LogP contribution is -2.24. The standard InChI is InChI=1S/C16H16N6O/c1-11-3-2-4-13(9-11)18-16(23)14(15-19-21-22-20-15)10-12-5-7-17-8-6-12/h2-9,14H,10H2,1H3,(H,18,23)(H,19,20,21,22)/t14-/m1/s1. The number of carbonyl (C=O) groups excluding carboxylic acids is 1. The first-order valence-electron chi connectivity index (χ1n) is 7.22. The highest BCUT2D eigenvalue weighted by Gasteiger charge is 2.25. The van der Waals surface area contributed by atoms with Crippen LogP contribution in [0.3, 0.4) is 0 Å². The first-order valence-corrected chi connectivity index (χ1v) is 7.22. The number of nitrogens with zero attached hydrogens (tertiary/aromatic N) is 4. The maximum absolute atomic E-state index is 12.7. The number of pyridine rings is 1. The minimum atomic E-state index is -0.531. The summed E-state index contributed by atoms with van der Waals surface area (Å²) in [5, 5.41) is 16.8. The van der Waals surface area contributed by atoms with E-state index in [1.165, 1.54) is 0 Å². The Morgan fingerprint density at radius 1 is 1.26 bits per heavy atom. The van der Waals surface area contributed by atoms with Crippen LogP contribution in [0.4, 0.5) is 5.69 Å². The summed E-state index contributed by atoms with van der Waals surface area (Å²) in [6.45, 7) is 1.98. The number of amides is 1. The van der Waals surface area contributed by atoms with Crippen molar-refractivity contribution in [3.05, 3.63) is 65.7 Å². The highest BCUT2D eigenvalue weighted by atomic mass is 16.1. The molecule has 0 spiro atoms. The molecule has 3 aromatic rings. The number of nitrogens with one attached hydrogen (secondary N) is 2. The third-order valence-corrected chi connectivity index (χ3v) is 3.46. The van der Waals surface area contributed by atoms with Gasteiger partial charge in [-0.05, 0) is 48.7 Å². The summed E-state index contributed by atoms with van der Waals surface area (Å²) in [5.41, 5.74) is 2.81. The number of tetrazole rings is 1. The molecule has 0 saturated carbocycles. The molecule has 7 heteroatoms. The number of hydrogen-bond donors (Lipinski definition) is 2. The molecule has 3 rings (SSSR count). The summed E-state index contributed by atoms with van der Waals surface area (Å²) in [4.78, 5) is 16.7. The number of benzene rings is 1. The van der Waals surface area contributed by atoms with Gasteiger partial charge in [0.1, 0.15) is 5.92 Å². The van der Waals surface area contributed by atoms with Crippen LogP contribution in [0.25, 0.3) is 0 Å². The van der Waals surface area contributed by atoms with Crippen LogP contribution in [0.2, 0.25) is 0 Å². The average molecular weight is 308 g/mol. The Balaban J connectivity index is 1.82. The molecule has 0 bridgehead atoms. The maximum Gasteiger partial charge on any atom is 0.235 e. The van der Waals surface area contributed by atoms with Gasteiger partial charge in [0.2, 0.25) is 5.91 Å². The van der Waals surface area contributed by atoms with Crippen LogP contribution < -0.4 is 5.32 Å². The van der Waals surface area contributed by atoms with E-state index in [1.807, 2.05) is 43.3 Å². The van der Waals surface area contributed by atoms with E-state index >= 15 is 0 Å². The zero-order valence-electron chi connectivity index (χ0n) is 12.6. The van der Waals surface area contributed by atoms with Crippen molar-refractivity contribution in [2.75, 3.05) is 5.32 Å². The lowest BCUT2D eigenvalue weighted by molar-refractivity contribution is -0.117. The van der Waals surface area contributed by atoms with Gasteiger partial charge in [-0.1, -0.05) is 17.3 Å². The topological polar surface area (TPSA) is 96.5 Å². The molecule has 2 heterocycles. The van der Waals surface area contributed by atoms with Crippen molar-refractivity contribution in [2.24, 2.45) is 0 Å². The lowest BCUT2D eigenvalue weighted by atomic mass is 9.98. The second-order valence-electron chi connectivity index (χ2n) is 5.24. The molecule has 1 atom stereocenters. The minimum absolute atomic E-state index is 0.172. The maximum atomic E-state index is 12.7. The van der Waals surface area contributed by atoms with Crippen LogP contribution in [-0.2, 0) is 11.2 Å². The highest BCUT2D eigenvalue weighted by Crippen LogP contribution is 2.20. The minimum Gasteiger partial charge on any atom is -0.325 e. The summed E-state index contributed by atoms with van der Waals surface area (Å²) in [6.07, 6.45) is 3.86. The van der Waals surface area contributed by atoms with E-state index in [2.05, 4.69) is 30.9 Å². The smallest absolute Gasteiger partial charge is 0.235 e. The van der Waals surface area contributed by atoms with Crippen LogP contribution in [-0.4, -0.2) is 31.5 Å². The molecular formula is C16H16N6O. The highest BCUT2D eigenvalue weighted by molar-refractivity contribution is 5.95. The molecule has 0 aliphatic heterocycles. The van der Waals surface area contributed by atoms with E-state index in [0.29, 0.717) is 12.2 Å². The van der Waals surface area contributed by atoms with Crippen LogP contribution in [0.1, 0.15) is 22.9 Å². The van der Waals surface area contributed by atoms with Crippen molar-refractivity contribution < 1.29 is 4.79 Å². The van der Waals surface area contributed by atoms with E-state index in [0.717, 1.165) is 16.8 Å². The van der Waals surface area contributed by atoms with Crippen molar-refractivity contribution in [2.45, 2.75) is 19.3 Å². The van der Waals surface area contributed by atoms with Gasteiger partial charge >= 0.3 is 0 Å². The first kappa shape index (κ1) is 14.8. The summed E-state index contributed by atoms with van der Waals surface area (Å²) < 4.78 is 0. The lowest BCUT2D eigenvalue weighted by Gasteiger charge is -2.14. The molecule has 0 aliphatic rings. The molecule has 0 saturated heterocycles. The molecule has 1 amide bonds. The Hall–Kier alpha value is -3.09. The zero-order valence-corrected chi connectivity index (χ0v) is 12.6. The Morgan fingerprint density at radius 3 is 2.78 bits per heavy atom. The number of aryl methyl sites for hydroxylation is 1. The molecule has 23 heavy (non-hydrogen) atoms. The number of aromatic nitrogens is 5. The van der Waals surface area contributed by atoms with Gasteiger partial charge in [-0.25, -0.2) is 0 Å². The van der Waals surface area contributed by atoms with Crippen LogP contribution in [0.15, 0.2) is 48.8 Å². The van der Waals surface area contributed by atoms with Gasteiger partial charge in [0.15, 0.2) is 5.82 Å². The Kier molecular flexibility index (Phi) is 4.37. The fraction of sp³-hybridized carbons (Fsp3) is 0.188. The van der Waals surface area contributed by atoms with Gasteiger partial charge in [-0.3, -0.25) is 9.78 Å². The first-order chi connectivity index (χ1) is 11.2. The second-order valence-corrected chi connectivity index (χ2v) is 5.24. The summed E-state index contributed by atoms with van der Waals surface area (Å²) in [6, 6.07) is 11.4. The molecule has 0 radical (unpaired) electrons. The number of anilines is 1. The molecule has 1 aromatic carbocycles. The van der Waals surface area contributed by atoms with Gasteiger partial charge in [-0.15, -0.1) is 10.2 Å². The van der Waals surface area contributed by atoms with Gasteiger partial charge in [0.25, 0.3) is 0 Å². The largest absolute Gasteiger partial charge is 0.325 e. The van der Waals surface area contributed by atoms with E-state index in [1.54, 1.807) is 12.4 Å². The van der Waals surface area contributed by atoms with E-state index in [-0.39, 0.29) is 5.91 Å². The average Bonchev–Trinajstić information content (AvgIpc) is 3.07. The number of H-pyrrole nitrogens is 1. The predicted octanol–water partition coefficient (Wildman–Crippen LogP) is 1.87. The summed E-state index contributed by atoms with van der Waals surface area (Å²) >= 11 is 0. The monoisotopic (exact) mass is 308 g/mol. The molecule has 0 aliphatic carbocycles. The molecule has 2 N–H and O–H groups in total. The third-order valence-electron chi connectivity index (χ3n) is 3.46. The normalized spacial score (nSPS) is 11.9. The third kappa shape index (κ3) is 3.76. The van der Waals surface area contributed by atoms with Gasteiger partial charge in [-0.2, -0.15) is 5.21 Å². The SMILES string of the molecule is Cc1cccc(NC(=O)[C@H](Cc2ccncc2)c2nn[nH]n2)c1. The molecule has 7 nitrogen and oxygen atoms in total. The zero-order chi connectivity index (χ0) is 16.1.